The maximum absolute atomic E-state index is 12.7. The molecule has 0 N–H and O–H groups in total. The van der Waals surface area contributed by atoms with E-state index in [1.165, 1.54) is 62.0 Å². The Kier molecular flexibility index (Phi) is 6.56. The molecule has 2 aromatic heterocycles. The zero-order valence-corrected chi connectivity index (χ0v) is 20.0. The van der Waals surface area contributed by atoms with Crippen LogP contribution < -0.4 is 0 Å². The number of aromatic nitrogens is 3. The number of nitrogens with zero attached hydrogens (tertiary/aromatic N) is 5. The molecular weight excluding hydrogens is 410 g/mol. The number of hydrogen-bond donors (Lipinski definition) is 0. The second-order valence-electron chi connectivity index (χ2n) is 9.88. The molecule has 0 amide bonds. The topological polar surface area (TPSA) is 54.3 Å². The van der Waals surface area contributed by atoms with Crippen LogP contribution in [0.2, 0.25) is 0 Å². The minimum absolute atomic E-state index is 0.253. The Balaban J connectivity index is 1.35. The predicted octanol–water partition coefficient (Wildman–Crippen LogP) is 4.22. The molecule has 3 aromatic rings. The van der Waals surface area contributed by atoms with Crippen LogP contribution in [-0.2, 0) is 24.8 Å². The van der Waals surface area contributed by atoms with Gasteiger partial charge in [0.15, 0.2) is 5.78 Å². The lowest BCUT2D eigenvalue weighted by molar-refractivity contribution is -0.119. The van der Waals surface area contributed by atoms with Crippen molar-refractivity contribution in [3.63, 3.8) is 0 Å². The van der Waals surface area contributed by atoms with Crippen LogP contribution in [0.5, 0.6) is 0 Å². The smallest absolute Gasteiger partial charge is 0.152 e. The number of carbonyl (C=O) groups is 1. The van der Waals surface area contributed by atoms with E-state index in [1.807, 2.05) is 24.1 Å². The minimum atomic E-state index is 0.253. The average Bonchev–Trinajstić information content (AvgIpc) is 3.39. The number of aryl methyl sites for hydroxylation is 1. The molecule has 6 heteroatoms. The van der Waals surface area contributed by atoms with Gasteiger partial charge in [0.1, 0.15) is 0 Å². The highest BCUT2D eigenvalue weighted by Gasteiger charge is 2.22. The quantitative estimate of drug-likeness (QED) is 0.545. The van der Waals surface area contributed by atoms with Crippen molar-refractivity contribution >= 4 is 16.6 Å². The van der Waals surface area contributed by atoms with Crippen molar-refractivity contribution in [3.05, 3.63) is 48.0 Å². The molecule has 5 rings (SSSR count). The number of piperidine rings is 1. The first-order chi connectivity index (χ1) is 16.1. The van der Waals surface area contributed by atoms with Crippen LogP contribution in [-0.4, -0.2) is 62.6 Å². The molecule has 0 spiro atoms. The van der Waals surface area contributed by atoms with Crippen molar-refractivity contribution in [1.29, 1.82) is 0 Å². The predicted molar refractivity (Wildman–Crippen MR) is 132 cm³/mol. The molecule has 2 saturated heterocycles. The van der Waals surface area contributed by atoms with Crippen LogP contribution in [0.15, 0.2) is 36.7 Å². The molecule has 33 heavy (non-hydrogen) atoms. The van der Waals surface area contributed by atoms with Crippen molar-refractivity contribution in [3.8, 4) is 11.1 Å². The molecule has 1 atom stereocenters. The number of carbonyl (C=O) groups excluding carboxylic acids is 1. The molecule has 0 unspecified atom stereocenters. The van der Waals surface area contributed by atoms with Crippen LogP contribution >= 0.6 is 0 Å². The summed E-state index contributed by atoms with van der Waals surface area (Å²) >= 11 is 0. The lowest BCUT2D eigenvalue weighted by Gasteiger charge is -2.26. The van der Waals surface area contributed by atoms with Crippen LogP contribution in [0.4, 0.5) is 0 Å². The van der Waals surface area contributed by atoms with E-state index in [-0.39, 0.29) is 5.78 Å². The second kappa shape index (κ2) is 9.74. The summed E-state index contributed by atoms with van der Waals surface area (Å²) in [5, 5.41) is 6.81. The summed E-state index contributed by atoms with van der Waals surface area (Å²) < 4.78 is 2.02. The van der Waals surface area contributed by atoms with E-state index >= 15 is 0 Å². The third-order valence-corrected chi connectivity index (χ3v) is 7.42. The Morgan fingerprint density at radius 2 is 1.88 bits per heavy atom. The Bertz CT molecular complexity index is 1130. The number of benzene rings is 1. The summed E-state index contributed by atoms with van der Waals surface area (Å²) in [6.45, 7) is 7.06. The van der Waals surface area contributed by atoms with Crippen molar-refractivity contribution in [2.24, 2.45) is 7.05 Å². The standard InChI is InChI=1S/C27H35N5O/c1-20-7-6-12-32(20)18-25(33)15-24-14-23-13-21(8-9-22(23)16-28-24)26-17-29-30(2)27(26)19-31-10-4-3-5-11-31/h8-9,13-14,16-17,20H,3-7,10-12,15,18-19H2,1-2H3/t20-/m1/s1. The molecule has 0 radical (unpaired) electrons. The third-order valence-electron chi connectivity index (χ3n) is 7.42. The number of fused-ring (bicyclic) bond motifs is 1. The fourth-order valence-corrected chi connectivity index (χ4v) is 5.38. The van der Waals surface area contributed by atoms with Crippen LogP contribution in [0, 0.1) is 0 Å². The van der Waals surface area contributed by atoms with Gasteiger partial charge < -0.3 is 0 Å². The number of Topliss-reactive ketones (excluding diaryl/α,β-unsaturated/α-hetero) is 1. The van der Waals surface area contributed by atoms with Crippen LogP contribution in [0.3, 0.4) is 0 Å². The molecule has 6 nitrogen and oxygen atoms in total. The monoisotopic (exact) mass is 445 g/mol. The Labute approximate surface area is 196 Å². The van der Waals surface area contributed by atoms with E-state index in [0.717, 1.165) is 29.6 Å². The summed E-state index contributed by atoms with van der Waals surface area (Å²) in [7, 11) is 2.04. The fraction of sp³-hybridized carbons (Fsp3) is 0.519. The summed E-state index contributed by atoms with van der Waals surface area (Å²) in [5.74, 6) is 0.253. The SMILES string of the molecule is C[C@@H]1CCCN1CC(=O)Cc1cc2cc(-c3cnn(C)c3CN3CCCCC3)ccc2cn1. The molecule has 4 heterocycles. The van der Waals surface area contributed by atoms with Gasteiger partial charge in [0, 0.05) is 42.5 Å². The van der Waals surface area contributed by atoms with Gasteiger partial charge in [-0.15, -0.1) is 0 Å². The van der Waals surface area contributed by atoms with E-state index in [1.54, 1.807) is 0 Å². The van der Waals surface area contributed by atoms with Crippen molar-refractivity contribution in [1.82, 2.24) is 24.6 Å². The van der Waals surface area contributed by atoms with Gasteiger partial charge in [-0.25, -0.2) is 0 Å². The maximum atomic E-state index is 12.7. The van der Waals surface area contributed by atoms with Gasteiger partial charge in [0.25, 0.3) is 0 Å². The highest BCUT2D eigenvalue weighted by atomic mass is 16.1. The summed E-state index contributed by atoms with van der Waals surface area (Å²) in [6, 6.07) is 9.13. The number of hydrogen-bond acceptors (Lipinski definition) is 5. The van der Waals surface area contributed by atoms with Gasteiger partial charge in [0.2, 0.25) is 0 Å². The Morgan fingerprint density at radius 3 is 2.67 bits per heavy atom. The first-order valence-electron chi connectivity index (χ1n) is 12.4. The normalized spacial score (nSPS) is 20.0. The van der Waals surface area contributed by atoms with E-state index in [2.05, 4.69) is 51.1 Å². The third kappa shape index (κ3) is 5.02. The molecule has 174 valence electrons. The summed E-state index contributed by atoms with van der Waals surface area (Å²) in [5.41, 5.74) is 4.50. The molecule has 0 bridgehead atoms. The van der Waals surface area contributed by atoms with Gasteiger partial charge in [-0.1, -0.05) is 18.6 Å². The van der Waals surface area contributed by atoms with Crippen molar-refractivity contribution in [2.45, 2.75) is 58.0 Å². The number of ketones is 1. The van der Waals surface area contributed by atoms with Crippen molar-refractivity contribution in [2.75, 3.05) is 26.2 Å². The summed E-state index contributed by atoms with van der Waals surface area (Å²) in [6.07, 6.45) is 10.6. The van der Waals surface area contributed by atoms with Gasteiger partial charge in [-0.2, -0.15) is 5.10 Å². The van der Waals surface area contributed by atoms with Gasteiger partial charge in [-0.05, 0) is 75.3 Å². The first kappa shape index (κ1) is 22.2. The van der Waals surface area contributed by atoms with Crippen LogP contribution in [0.1, 0.15) is 50.4 Å². The highest BCUT2D eigenvalue weighted by molar-refractivity contribution is 5.89. The van der Waals surface area contributed by atoms with Crippen LogP contribution in [0.25, 0.3) is 21.9 Å². The number of likely N-dealkylation sites (tertiary alicyclic amines) is 2. The zero-order valence-electron chi connectivity index (χ0n) is 20.0. The second-order valence-corrected chi connectivity index (χ2v) is 9.88. The lowest BCUT2D eigenvalue weighted by Crippen LogP contribution is -2.33. The maximum Gasteiger partial charge on any atom is 0.152 e. The molecular formula is C27H35N5O. The minimum Gasteiger partial charge on any atom is -0.298 e. The van der Waals surface area contributed by atoms with E-state index in [0.29, 0.717) is 19.0 Å². The van der Waals surface area contributed by atoms with E-state index in [4.69, 9.17) is 0 Å². The van der Waals surface area contributed by atoms with Gasteiger partial charge in [-0.3, -0.25) is 24.3 Å². The zero-order chi connectivity index (χ0) is 22.8. The van der Waals surface area contributed by atoms with E-state index < -0.39 is 0 Å². The molecule has 0 aliphatic carbocycles. The van der Waals surface area contributed by atoms with Gasteiger partial charge >= 0.3 is 0 Å². The largest absolute Gasteiger partial charge is 0.298 e. The Hall–Kier alpha value is -2.57. The number of pyridine rings is 1. The van der Waals surface area contributed by atoms with Gasteiger partial charge in [0.05, 0.1) is 24.9 Å². The average molecular weight is 446 g/mol. The van der Waals surface area contributed by atoms with Crippen molar-refractivity contribution < 1.29 is 4.79 Å². The molecule has 2 aliphatic heterocycles. The molecule has 1 aromatic carbocycles. The number of rotatable bonds is 7. The first-order valence-corrected chi connectivity index (χ1v) is 12.4. The highest BCUT2D eigenvalue weighted by Crippen LogP contribution is 2.29. The molecule has 2 fully saturated rings. The molecule has 2 aliphatic rings. The summed E-state index contributed by atoms with van der Waals surface area (Å²) in [4.78, 5) is 22.1. The Morgan fingerprint density at radius 1 is 1.03 bits per heavy atom. The van der Waals surface area contributed by atoms with E-state index in [9.17, 15) is 4.79 Å². The molecule has 0 saturated carbocycles. The fourth-order valence-electron chi connectivity index (χ4n) is 5.38. The lowest BCUT2D eigenvalue weighted by atomic mass is 10.0.